The Bertz CT molecular complexity index is 2160. The number of hydrogen-bond donors (Lipinski definition) is 1. The maximum Gasteiger partial charge on any atom is 0.159 e. The summed E-state index contributed by atoms with van der Waals surface area (Å²) in [4.78, 5) is 2.26. The molecule has 0 saturated heterocycles. The molecule has 0 bridgehead atoms. The van der Waals surface area contributed by atoms with E-state index in [0.717, 1.165) is 61.6 Å². The molecule has 7 rings (SSSR count). The summed E-state index contributed by atoms with van der Waals surface area (Å²) in [7, 11) is 0. The summed E-state index contributed by atoms with van der Waals surface area (Å²) >= 11 is 0. The second-order valence-corrected chi connectivity index (χ2v) is 10.4. The van der Waals surface area contributed by atoms with Crippen molar-refractivity contribution in [3.63, 3.8) is 0 Å². The molecule has 7 aromatic rings. The summed E-state index contributed by atoms with van der Waals surface area (Å²) in [6.45, 7) is 6.17. The molecule has 0 aliphatic rings. The zero-order chi connectivity index (χ0) is 28.1. The molecular weight excluding hydrogens is 504 g/mol. The van der Waals surface area contributed by atoms with Crippen molar-refractivity contribution in [1.82, 2.24) is 0 Å². The second-order valence-electron chi connectivity index (χ2n) is 10.4. The smallest absolute Gasteiger partial charge is 0.159 e. The molecule has 2 aromatic heterocycles. The van der Waals surface area contributed by atoms with Crippen LogP contribution in [0.5, 0.6) is 0 Å². The molecule has 4 heteroatoms. The van der Waals surface area contributed by atoms with Gasteiger partial charge in [-0.05, 0) is 91.0 Å². The number of furan rings is 2. The van der Waals surface area contributed by atoms with Crippen LogP contribution in [0.4, 0.5) is 17.1 Å². The number of rotatable bonds is 5. The van der Waals surface area contributed by atoms with Crippen LogP contribution in [0.25, 0.3) is 55.6 Å². The van der Waals surface area contributed by atoms with Gasteiger partial charge < -0.3 is 19.5 Å². The van der Waals surface area contributed by atoms with Crippen LogP contribution in [0, 0.1) is 13.8 Å². The van der Waals surface area contributed by atoms with Crippen LogP contribution >= 0.6 is 0 Å². The molecule has 0 radical (unpaired) electrons. The number of para-hydroxylation sites is 1. The summed E-state index contributed by atoms with van der Waals surface area (Å²) in [6, 6.07) is 32.3. The summed E-state index contributed by atoms with van der Waals surface area (Å²) in [5, 5.41) is 7.00. The number of hydrogen-bond acceptors (Lipinski definition) is 4. The lowest BCUT2D eigenvalue weighted by Crippen LogP contribution is -2.10. The van der Waals surface area contributed by atoms with E-state index >= 15 is 0 Å². The Balaban J connectivity index is 1.52. The standard InChI is InChI=1S/C37H30N2O2/c1-4-8-34-23(2)29-18-17-28(22-36(29)40-34)39(33-12-7-11-30-24(3)35(19-20-38)41-37(30)33)27-16-15-26-14-13-25-9-5-6-10-31(25)32(26)21-27/h4-22H,38H2,1-3H3/b8-4-,20-19-. The maximum absolute atomic E-state index is 6.45. The zero-order valence-electron chi connectivity index (χ0n) is 23.3. The van der Waals surface area contributed by atoms with Gasteiger partial charge in [-0.1, -0.05) is 60.7 Å². The lowest BCUT2D eigenvalue weighted by molar-refractivity contribution is 0.600. The molecule has 0 fully saturated rings. The predicted molar refractivity (Wildman–Crippen MR) is 173 cm³/mol. The Kier molecular flexibility index (Phi) is 5.90. The SMILES string of the molecule is C/C=C\c1oc2cc(N(c3ccc4ccc5ccccc5c4c3)c3cccc4c(C)c(/C=C\N)oc34)ccc2c1C. The molecule has 2 heterocycles. The number of nitrogens with zero attached hydrogens (tertiary/aromatic N) is 1. The van der Waals surface area contributed by atoms with Gasteiger partial charge in [0, 0.05) is 33.7 Å². The van der Waals surface area contributed by atoms with E-state index in [1.807, 2.05) is 25.2 Å². The van der Waals surface area contributed by atoms with Gasteiger partial charge in [0.1, 0.15) is 17.1 Å². The van der Waals surface area contributed by atoms with Crippen LogP contribution in [-0.4, -0.2) is 0 Å². The number of nitrogens with two attached hydrogens (primary N) is 1. The average molecular weight is 535 g/mol. The normalized spacial score (nSPS) is 12.2. The Hall–Kier alpha value is -5.22. The monoisotopic (exact) mass is 534 g/mol. The van der Waals surface area contributed by atoms with Crippen LogP contribution < -0.4 is 10.6 Å². The van der Waals surface area contributed by atoms with Gasteiger partial charge in [0.15, 0.2) is 5.58 Å². The van der Waals surface area contributed by atoms with Gasteiger partial charge >= 0.3 is 0 Å². The minimum absolute atomic E-state index is 0.757. The van der Waals surface area contributed by atoms with Gasteiger partial charge in [-0.25, -0.2) is 0 Å². The highest BCUT2D eigenvalue weighted by atomic mass is 16.3. The van der Waals surface area contributed by atoms with Gasteiger partial charge in [0.2, 0.25) is 0 Å². The minimum Gasteiger partial charge on any atom is -0.456 e. The molecule has 2 N–H and O–H groups in total. The fourth-order valence-corrected chi connectivity index (χ4v) is 5.91. The third-order valence-electron chi connectivity index (χ3n) is 7.99. The quantitative estimate of drug-likeness (QED) is 0.223. The molecule has 0 aliphatic heterocycles. The van der Waals surface area contributed by atoms with Crippen molar-refractivity contribution in [2.24, 2.45) is 5.73 Å². The fourth-order valence-electron chi connectivity index (χ4n) is 5.91. The topological polar surface area (TPSA) is 55.5 Å². The molecule has 4 nitrogen and oxygen atoms in total. The van der Waals surface area contributed by atoms with Crippen molar-refractivity contribution in [2.45, 2.75) is 20.8 Å². The zero-order valence-corrected chi connectivity index (χ0v) is 23.3. The molecule has 5 aromatic carbocycles. The first kappa shape index (κ1) is 24.8. The maximum atomic E-state index is 6.45. The summed E-state index contributed by atoms with van der Waals surface area (Å²) in [5.41, 5.74) is 12.6. The number of aryl methyl sites for hydroxylation is 2. The lowest BCUT2D eigenvalue weighted by Gasteiger charge is -2.26. The highest BCUT2D eigenvalue weighted by molar-refractivity contribution is 6.09. The summed E-state index contributed by atoms with van der Waals surface area (Å²) in [6.07, 6.45) is 7.35. The van der Waals surface area contributed by atoms with Crippen LogP contribution in [0.3, 0.4) is 0 Å². The van der Waals surface area contributed by atoms with E-state index < -0.39 is 0 Å². The molecule has 41 heavy (non-hydrogen) atoms. The van der Waals surface area contributed by atoms with E-state index in [0.29, 0.717) is 0 Å². The Morgan fingerprint density at radius 2 is 1.32 bits per heavy atom. The van der Waals surface area contributed by atoms with E-state index in [2.05, 4.69) is 110 Å². The van der Waals surface area contributed by atoms with Crippen LogP contribution in [-0.2, 0) is 0 Å². The largest absolute Gasteiger partial charge is 0.456 e. The van der Waals surface area contributed by atoms with Crippen LogP contribution in [0.1, 0.15) is 29.6 Å². The highest BCUT2D eigenvalue weighted by Gasteiger charge is 2.21. The number of benzene rings is 5. The third kappa shape index (κ3) is 3.99. The molecule has 200 valence electrons. The molecule has 0 spiro atoms. The first-order valence-electron chi connectivity index (χ1n) is 13.9. The molecule has 0 amide bonds. The van der Waals surface area contributed by atoms with Gasteiger partial charge in [-0.15, -0.1) is 0 Å². The van der Waals surface area contributed by atoms with Gasteiger partial charge in [0.05, 0.1) is 11.4 Å². The molecule has 0 unspecified atom stereocenters. The van der Waals surface area contributed by atoms with Crippen LogP contribution in [0.2, 0.25) is 0 Å². The number of allylic oxidation sites excluding steroid dienone is 1. The minimum atomic E-state index is 0.757. The molecule has 0 aliphatic carbocycles. The van der Waals surface area contributed by atoms with E-state index in [-0.39, 0.29) is 0 Å². The van der Waals surface area contributed by atoms with Crippen molar-refractivity contribution >= 4 is 72.7 Å². The third-order valence-corrected chi connectivity index (χ3v) is 7.99. The van der Waals surface area contributed by atoms with E-state index in [1.54, 1.807) is 0 Å². The van der Waals surface area contributed by atoms with Crippen molar-refractivity contribution in [3.8, 4) is 0 Å². The van der Waals surface area contributed by atoms with Gasteiger partial charge in [-0.3, -0.25) is 0 Å². The predicted octanol–water partition coefficient (Wildman–Crippen LogP) is 10.5. The van der Waals surface area contributed by atoms with Gasteiger partial charge in [0.25, 0.3) is 0 Å². The van der Waals surface area contributed by atoms with Crippen molar-refractivity contribution in [3.05, 3.63) is 126 Å². The Morgan fingerprint density at radius 1 is 0.634 bits per heavy atom. The second kappa shape index (κ2) is 9.76. The molecule has 0 saturated carbocycles. The van der Waals surface area contributed by atoms with E-state index in [1.165, 1.54) is 27.7 Å². The van der Waals surface area contributed by atoms with Crippen molar-refractivity contribution in [1.29, 1.82) is 0 Å². The van der Waals surface area contributed by atoms with Gasteiger partial charge in [-0.2, -0.15) is 0 Å². The molecule has 0 atom stereocenters. The highest BCUT2D eigenvalue weighted by Crippen LogP contribution is 2.44. The van der Waals surface area contributed by atoms with Crippen molar-refractivity contribution in [2.75, 3.05) is 4.90 Å². The fraction of sp³-hybridized carbons (Fsp3) is 0.0811. The van der Waals surface area contributed by atoms with E-state index in [4.69, 9.17) is 14.6 Å². The van der Waals surface area contributed by atoms with E-state index in [9.17, 15) is 0 Å². The molecular formula is C37H30N2O2. The summed E-state index contributed by atoms with van der Waals surface area (Å²) in [5.74, 6) is 1.64. The first-order chi connectivity index (χ1) is 20.1. The van der Waals surface area contributed by atoms with Crippen molar-refractivity contribution < 1.29 is 8.83 Å². The Labute approximate surface area is 238 Å². The lowest BCUT2D eigenvalue weighted by atomic mass is 10.0. The average Bonchev–Trinajstić information content (AvgIpc) is 3.49. The number of anilines is 3. The summed E-state index contributed by atoms with van der Waals surface area (Å²) < 4.78 is 12.8. The number of fused-ring (bicyclic) bond motifs is 5. The van der Waals surface area contributed by atoms with Crippen LogP contribution in [0.15, 0.2) is 112 Å². The Morgan fingerprint density at radius 3 is 2.15 bits per heavy atom. The first-order valence-corrected chi connectivity index (χ1v) is 13.9.